The van der Waals surface area contributed by atoms with E-state index in [0.717, 1.165) is 22.0 Å². The van der Waals surface area contributed by atoms with E-state index in [1.54, 1.807) is 24.2 Å². The Balaban J connectivity index is 2.36. The summed E-state index contributed by atoms with van der Waals surface area (Å²) in [5, 5.41) is 11.5. The fraction of sp³-hybridized carbons (Fsp3) is 0.0909. The largest absolute Gasteiger partial charge is 0.255 e. The quantitative estimate of drug-likeness (QED) is 0.595. The van der Waals surface area contributed by atoms with Gasteiger partial charge in [0.15, 0.2) is 0 Å². The Morgan fingerprint density at radius 2 is 2.31 bits per heavy atom. The lowest BCUT2D eigenvalue weighted by Crippen LogP contribution is -1.95. The maximum atomic E-state index is 4.25. The molecule has 0 N–H and O–H groups in total. The van der Waals surface area contributed by atoms with Crippen LogP contribution in [0.4, 0.5) is 0 Å². The maximum Gasteiger partial charge on any atom is 0.128 e. The van der Waals surface area contributed by atoms with E-state index in [1.165, 1.54) is 0 Å². The molecule has 0 fully saturated rings. The molecular formula is C11H10N4S. The summed E-state index contributed by atoms with van der Waals surface area (Å²) in [4.78, 5) is 5.21. The number of nitrogens with zero attached hydrogens (tertiary/aromatic N) is 4. The van der Waals surface area contributed by atoms with Crippen molar-refractivity contribution in [2.24, 2.45) is 0 Å². The Kier molecular flexibility index (Phi) is 3.61. The number of aromatic nitrogens is 4. The normalized spacial score (nSPS) is 10.0. The van der Waals surface area contributed by atoms with Gasteiger partial charge in [-0.2, -0.15) is 0 Å². The van der Waals surface area contributed by atoms with Crippen molar-refractivity contribution >= 4 is 11.8 Å². The SMILES string of the molecule is C=CCSc1cnnnc1-c1ccccn1. The van der Waals surface area contributed by atoms with Gasteiger partial charge in [0.25, 0.3) is 0 Å². The molecule has 2 rings (SSSR count). The number of hydrogen-bond donors (Lipinski definition) is 0. The molecule has 0 aliphatic heterocycles. The Bertz CT molecular complexity index is 472. The molecule has 0 amide bonds. The minimum atomic E-state index is 0.766. The Hall–Kier alpha value is -1.75. The summed E-state index contributed by atoms with van der Waals surface area (Å²) in [7, 11) is 0. The molecule has 0 bridgehead atoms. The number of pyridine rings is 1. The molecule has 0 aliphatic rings. The van der Waals surface area contributed by atoms with Gasteiger partial charge in [0.05, 0.1) is 16.8 Å². The molecule has 16 heavy (non-hydrogen) atoms. The summed E-state index contributed by atoms with van der Waals surface area (Å²) < 4.78 is 0. The number of rotatable bonds is 4. The van der Waals surface area contributed by atoms with Crippen LogP contribution in [-0.4, -0.2) is 26.1 Å². The van der Waals surface area contributed by atoms with Crippen LogP contribution in [0.3, 0.4) is 0 Å². The average molecular weight is 230 g/mol. The molecule has 0 saturated heterocycles. The summed E-state index contributed by atoms with van der Waals surface area (Å²) in [6.07, 6.45) is 5.28. The van der Waals surface area contributed by atoms with Gasteiger partial charge in [0, 0.05) is 11.9 Å². The minimum absolute atomic E-state index is 0.766. The molecule has 0 spiro atoms. The van der Waals surface area contributed by atoms with Gasteiger partial charge in [-0.3, -0.25) is 4.98 Å². The van der Waals surface area contributed by atoms with Crippen molar-refractivity contribution in [2.75, 3.05) is 5.75 Å². The lowest BCUT2D eigenvalue weighted by Gasteiger charge is -2.03. The highest BCUT2D eigenvalue weighted by Gasteiger charge is 2.08. The van der Waals surface area contributed by atoms with Crippen LogP contribution in [-0.2, 0) is 0 Å². The van der Waals surface area contributed by atoms with Crippen LogP contribution in [0.2, 0.25) is 0 Å². The number of thioether (sulfide) groups is 1. The minimum Gasteiger partial charge on any atom is -0.255 e. The molecule has 0 unspecified atom stereocenters. The van der Waals surface area contributed by atoms with Gasteiger partial charge in [0.1, 0.15) is 5.69 Å². The first-order chi connectivity index (χ1) is 7.92. The van der Waals surface area contributed by atoms with Gasteiger partial charge >= 0.3 is 0 Å². The first kappa shape index (κ1) is 10.8. The Morgan fingerprint density at radius 3 is 3.06 bits per heavy atom. The zero-order valence-corrected chi connectivity index (χ0v) is 9.39. The summed E-state index contributed by atoms with van der Waals surface area (Å²) in [6.45, 7) is 3.69. The van der Waals surface area contributed by atoms with Crippen molar-refractivity contribution in [3.05, 3.63) is 43.2 Å². The first-order valence-corrected chi connectivity index (χ1v) is 5.74. The van der Waals surface area contributed by atoms with Crippen molar-refractivity contribution in [1.29, 1.82) is 0 Å². The van der Waals surface area contributed by atoms with Crippen LogP contribution in [0.5, 0.6) is 0 Å². The highest BCUT2D eigenvalue weighted by molar-refractivity contribution is 7.99. The van der Waals surface area contributed by atoms with Gasteiger partial charge in [0.2, 0.25) is 0 Å². The van der Waals surface area contributed by atoms with Crippen LogP contribution in [0.1, 0.15) is 0 Å². The van der Waals surface area contributed by atoms with Gasteiger partial charge in [-0.05, 0) is 17.3 Å². The topological polar surface area (TPSA) is 51.6 Å². The molecule has 5 heteroatoms. The predicted octanol–water partition coefficient (Wildman–Crippen LogP) is 2.21. The van der Waals surface area contributed by atoms with Crippen molar-refractivity contribution in [1.82, 2.24) is 20.4 Å². The first-order valence-electron chi connectivity index (χ1n) is 4.75. The van der Waals surface area contributed by atoms with Crippen molar-refractivity contribution in [3.8, 4) is 11.4 Å². The maximum absolute atomic E-state index is 4.25. The highest BCUT2D eigenvalue weighted by atomic mass is 32.2. The van der Waals surface area contributed by atoms with Gasteiger partial charge in [-0.15, -0.1) is 28.5 Å². The predicted molar refractivity (Wildman–Crippen MR) is 64.0 cm³/mol. The lowest BCUT2D eigenvalue weighted by molar-refractivity contribution is 0.842. The van der Waals surface area contributed by atoms with E-state index < -0.39 is 0 Å². The molecule has 0 aliphatic carbocycles. The van der Waals surface area contributed by atoms with Crippen molar-refractivity contribution in [3.63, 3.8) is 0 Å². The van der Waals surface area contributed by atoms with Gasteiger partial charge in [-0.1, -0.05) is 12.1 Å². The molecular weight excluding hydrogens is 220 g/mol. The average Bonchev–Trinajstić information content (AvgIpc) is 2.38. The third-order valence-electron chi connectivity index (χ3n) is 1.87. The second-order valence-electron chi connectivity index (χ2n) is 2.96. The smallest absolute Gasteiger partial charge is 0.128 e. The fourth-order valence-electron chi connectivity index (χ4n) is 1.19. The van der Waals surface area contributed by atoms with Crippen LogP contribution in [0, 0.1) is 0 Å². The molecule has 0 aromatic carbocycles. The van der Waals surface area contributed by atoms with E-state index in [9.17, 15) is 0 Å². The number of hydrogen-bond acceptors (Lipinski definition) is 5. The summed E-state index contributed by atoms with van der Waals surface area (Å²) in [5.41, 5.74) is 1.58. The molecule has 4 nitrogen and oxygen atoms in total. The van der Waals surface area contributed by atoms with Crippen LogP contribution < -0.4 is 0 Å². The van der Waals surface area contributed by atoms with E-state index in [2.05, 4.69) is 27.0 Å². The molecule has 2 heterocycles. The zero-order valence-electron chi connectivity index (χ0n) is 8.58. The van der Waals surface area contributed by atoms with Gasteiger partial charge in [-0.25, -0.2) is 0 Å². The van der Waals surface area contributed by atoms with Crippen LogP contribution in [0.15, 0.2) is 48.1 Å². The van der Waals surface area contributed by atoms with Crippen molar-refractivity contribution < 1.29 is 0 Å². The van der Waals surface area contributed by atoms with E-state index in [4.69, 9.17) is 0 Å². The van der Waals surface area contributed by atoms with Crippen LogP contribution >= 0.6 is 11.8 Å². The monoisotopic (exact) mass is 230 g/mol. The van der Waals surface area contributed by atoms with Crippen LogP contribution in [0.25, 0.3) is 11.4 Å². The van der Waals surface area contributed by atoms with E-state index in [-0.39, 0.29) is 0 Å². The molecule has 0 atom stereocenters. The molecule has 0 radical (unpaired) electrons. The van der Waals surface area contributed by atoms with E-state index >= 15 is 0 Å². The van der Waals surface area contributed by atoms with E-state index in [0.29, 0.717) is 0 Å². The molecule has 2 aromatic rings. The molecule has 80 valence electrons. The summed E-state index contributed by atoms with van der Waals surface area (Å²) in [5.74, 6) is 0.813. The van der Waals surface area contributed by atoms with Crippen molar-refractivity contribution in [2.45, 2.75) is 4.90 Å². The third kappa shape index (κ3) is 2.43. The van der Waals surface area contributed by atoms with Gasteiger partial charge < -0.3 is 0 Å². The zero-order chi connectivity index (χ0) is 11.2. The summed E-state index contributed by atoms with van der Waals surface area (Å²) in [6, 6.07) is 5.70. The summed E-state index contributed by atoms with van der Waals surface area (Å²) >= 11 is 1.62. The lowest BCUT2D eigenvalue weighted by atomic mass is 10.3. The molecule has 2 aromatic heterocycles. The second-order valence-corrected chi connectivity index (χ2v) is 4.02. The van der Waals surface area contributed by atoms with E-state index in [1.807, 2.05) is 24.3 Å². The second kappa shape index (κ2) is 5.37. The highest BCUT2D eigenvalue weighted by Crippen LogP contribution is 2.26. The fourth-order valence-corrected chi connectivity index (χ4v) is 1.90. The third-order valence-corrected chi connectivity index (χ3v) is 2.88. The Labute approximate surface area is 97.8 Å². The standard InChI is InChI=1S/C11H10N4S/c1-2-7-16-10-8-13-15-14-11(10)9-5-3-4-6-12-9/h2-6,8H,1,7H2. The molecule has 0 saturated carbocycles. The Morgan fingerprint density at radius 1 is 1.38 bits per heavy atom.